The molecule has 1 saturated heterocycles. The van der Waals surface area contributed by atoms with Gasteiger partial charge in [-0.1, -0.05) is 35.8 Å². The Morgan fingerprint density at radius 2 is 2.10 bits per heavy atom. The minimum Gasteiger partial charge on any atom is -0.329 e. The molecule has 118 valence electrons. The molecule has 2 unspecified atom stereocenters. The van der Waals surface area contributed by atoms with Gasteiger partial charge in [-0.15, -0.1) is 0 Å². The standard InChI is InChI=1S/C17H26BrFN2/c1-12(2)13-4-3-8-21(9-7-13)17(11-20)15-6-5-14(19)10-16(15)18/h5-6,10,12-13,17H,3-4,7-9,11,20H2,1-2H3. The summed E-state index contributed by atoms with van der Waals surface area (Å²) in [4.78, 5) is 2.47. The zero-order valence-corrected chi connectivity index (χ0v) is 14.6. The molecule has 0 amide bonds. The molecule has 0 saturated carbocycles. The molecule has 1 fully saturated rings. The number of rotatable bonds is 4. The van der Waals surface area contributed by atoms with Gasteiger partial charge in [0.15, 0.2) is 0 Å². The highest BCUT2D eigenvalue weighted by Gasteiger charge is 2.25. The van der Waals surface area contributed by atoms with Gasteiger partial charge < -0.3 is 5.73 Å². The fraction of sp³-hybridized carbons (Fsp3) is 0.647. The fourth-order valence-corrected chi connectivity index (χ4v) is 3.98. The fourth-order valence-electron chi connectivity index (χ4n) is 3.37. The van der Waals surface area contributed by atoms with E-state index in [0.29, 0.717) is 6.54 Å². The molecule has 0 spiro atoms. The van der Waals surface area contributed by atoms with Crippen LogP contribution in [0.2, 0.25) is 0 Å². The van der Waals surface area contributed by atoms with Crippen LogP contribution in [0.15, 0.2) is 22.7 Å². The quantitative estimate of drug-likeness (QED) is 0.868. The monoisotopic (exact) mass is 356 g/mol. The molecule has 2 rings (SSSR count). The van der Waals surface area contributed by atoms with Crippen LogP contribution < -0.4 is 5.73 Å². The van der Waals surface area contributed by atoms with Crippen molar-refractivity contribution in [1.82, 2.24) is 4.90 Å². The van der Waals surface area contributed by atoms with Gasteiger partial charge in [-0.25, -0.2) is 4.39 Å². The van der Waals surface area contributed by atoms with Crippen LogP contribution in [0.5, 0.6) is 0 Å². The molecule has 2 N–H and O–H groups in total. The molecule has 0 radical (unpaired) electrons. The molecule has 1 aromatic carbocycles. The van der Waals surface area contributed by atoms with Gasteiger partial charge in [-0.2, -0.15) is 0 Å². The second-order valence-electron chi connectivity index (χ2n) is 6.39. The summed E-state index contributed by atoms with van der Waals surface area (Å²) in [5.74, 6) is 1.35. The highest BCUT2D eigenvalue weighted by atomic mass is 79.9. The molecule has 1 aromatic rings. The van der Waals surface area contributed by atoms with Crippen LogP contribution in [0.3, 0.4) is 0 Å². The predicted molar refractivity (Wildman–Crippen MR) is 89.6 cm³/mol. The highest BCUT2D eigenvalue weighted by molar-refractivity contribution is 9.10. The lowest BCUT2D eigenvalue weighted by Gasteiger charge is -2.31. The average molecular weight is 357 g/mol. The van der Waals surface area contributed by atoms with E-state index < -0.39 is 0 Å². The van der Waals surface area contributed by atoms with E-state index in [1.54, 1.807) is 0 Å². The normalized spacial score (nSPS) is 22.3. The molecule has 4 heteroatoms. The van der Waals surface area contributed by atoms with Crippen LogP contribution in [0.1, 0.15) is 44.7 Å². The molecule has 0 aliphatic carbocycles. The Labute approximate surface area is 136 Å². The van der Waals surface area contributed by atoms with Crippen LogP contribution in [-0.4, -0.2) is 24.5 Å². The maximum absolute atomic E-state index is 13.3. The van der Waals surface area contributed by atoms with Crippen molar-refractivity contribution >= 4 is 15.9 Å². The van der Waals surface area contributed by atoms with E-state index in [1.807, 2.05) is 6.07 Å². The smallest absolute Gasteiger partial charge is 0.124 e. The molecule has 2 nitrogen and oxygen atoms in total. The van der Waals surface area contributed by atoms with Gasteiger partial charge in [0.25, 0.3) is 0 Å². The third-order valence-corrected chi connectivity index (χ3v) is 5.42. The maximum Gasteiger partial charge on any atom is 0.124 e. The second kappa shape index (κ2) is 7.70. The first-order chi connectivity index (χ1) is 10.0. The largest absolute Gasteiger partial charge is 0.329 e. The number of nitrogens with zero attached hydrogens (tertiary/aromatic N) is 1. The van der Waals surface area contributed by atoms with Crippen molar-refractivity contribution in [2.45, 2.75) is 39.2 Å². The van der Waals surface area contributed by atoms with Gasteiger partial charge in [-0.3, -0.25) is 4.90 Å². The van der Waals surface area contributed by atoms with Crippen LogP contribution in [0, 0.1) is 17.7 Å². The summed E-state index contributed by atoms with van der Waals surface area (Å²) in [7, 11) is 0. The first kappa shape index (κ1) is 16.9. The van der Waals surface area contributed by atoms with Gasteiger partial charge in [0, 0.05) is 17.1 Å². The van der Waals surface area contributed by atoms with Gasteiger partial charge in [0.2, 0.25) is 0 Å². The molecule has 1 heterocycles. The topological polar surface area (TPSA) is 29.3 Å². The molecular formula is C17H26BrFN2. The van der Waals surface area contributed by atoms with E-state index in [9.17, 15) is 4.39 Å². The van der Waals surface area contributed by atoms with Crippen molar-refractivity contribution in [3.63, 3.8) is 0 Å². The summed E-state index contributed by atoms with van der Waals surface area (Å²) >= 11 is 3.49. The SMILES string of the molecule is CC(C)C1CCCN(C(CN)c2ccc(F)cc2Br)CC1. The molecule has 2 atom stereocenters. The van der Waals surface area contributed by atoms with Crippen LogP contribution in [0.4, 0.5) is 4.39 Å². The zero-order chi connectivity index (χ0) is 15.4. The Morgan fingerprint density at radius 3 is 2.71 bits per heavy atom. The summed E-state index contributed by atoms with van der Waals surface area (Å²) in [6.45, 7) is 7.36. The Hall–Kier alpha value is -0.450. The van der Waals surface area contributed by atoms with Gasteiger partial charge in [-0.05, 0) is 61.9 Å². The van der Waals surface area contributed by atoms with Gasteiger partial charge in [0.05, 0.1) is 0 Å². The lowest BCUT2D eigenvalue weighted by atomic mass is 9.89. The molecule has 1 aliphatic heterocycles. The van der Waals surface area contributed by atoms with E-state index in [-0.39, 0.29) is 11.9 Å². The molecule has 1 aliphatic rings. The molecule has 21 heavy (non-hydrogen) atoms. The van der Waals surface area contributed by atoms with Gasteiger partial charge >= 0.3 is 0 Å². The number of benzene rings is 1. The third-order valence-electron chi connectivity index (χ3n) is 4.74. The number of hydrogen-bond donors (Lipinski definition) is 1. The second-order valence-corrected chi connectivity index (χ2v) is 7.24. The van der Waals surface area contributed by atoms with Crippen LogP contribution in [0.25, 0.3) is 0 Å². The number of likely N-dealkylation sites (tertiary alicyclic amines) is 1. The lowest BCUT2D eigenvalue weighted by molar-refractivity contribution is 0.203. The summed E-state index contributed by atoms with van der Waals surface area (Å²) in [5, 5.41) is 0. The van der Waals surface area contributed by atoms with Crippen molar-refractivity contribution in [3.8, 4) is 0 Å². The molecule has 0 aromatic heterocycles. The number of hydrogen-bond acceptors (Lipinski definition) is 2. The number of nitrogens with two attached hydrogens (primary N) is 1. The van der Waals surface area contributed by atoms with Crippen LogP contribution in [-0.2, 0) is 0 Å². The maximum atomic E-state index is 13.3. The van der Waals surface area contributed by atoms with E-state index in [4.69, 9.17) is 5.73 Å². The zero-order valence-electron chi connectivity index (χ0n) is 13.0. The van der Waals surface area contributed by atoms with Gasteiger partial charge in [0.1, 0.15) is 5.82 Å². The minimum absolute atomic E-state index is 0.172. The number of halogens is 2. The minimum atomic E-state index is -0.211. The van der Waals surface area contributed by atoms with Crippen molar-refractivity contribution < 1.29 is 4.39 Å². The summed E-state index contributed by atoms with van der Waals surface area (Å²) in [6, 6.07) is 5.09. The third kappa shape index (κ3) is 4.27. The Balaban J connectivity index is 2.13. The summed E-state index contributed by atoms with van der Waals surface area (Å²) in [6.07, 6.45) is 3.75. The van der Waals surface area contributed by atoms with Crippen LogP contribution >= 0.6 is 15.9 Å². The van der Waals surface area contributed by atoms with E-state index in [1.165, 1.54) is 31.4 Å². The first-order valence-electron chi connectivity index (χ1n) is 7.92. The molecular weight excluding hydrogens is 331 g/mol. The van der Waals surface area contributed by atoms with Crippen molar-refractivity contribution in [1.29, 1.82) is 0 Å². The van der Waals surface area contributed by atoms with Crippen molar-refractivity contribution in [2.24, 2.45) is 17.6 Å². The summed E-state index contributed by atoms with van der Waals surface area (Å²) < 4.78 is 14.1. The van der Waals surface area contributed by atoms with Crippen molar-refractivity contribution in [2.75, 3.05) is 19.6 Å². The highest BCUT2D eigenvalue weighted by Crippen LogP contribution is 2.32. The van der Waals surface area contributed by atoms with Crippen molar-refractivity contribution in [3.05, 3.63) is 34.1 Å². The summed E-state index contributed by atoms with van der Waals surface area (Å²) in [5.41, 5.74) is 7.13. The van der Waals surface area contributed by atoms with E-state index >= 15 is 0 Å². The molecule has 0 bridgehead atoms. The Morgan fingerprint density at radius 1 is 1.33 bits per heavy atom. The predicted octanol–water partition coefficient (Wildman–Crippen LogP) is 4.35. The van der Waals surface area contributed by atoms with E-state index in [0.717, 1.165) is 35.0 Å². The first-order valence-corrected chi connectivity index (χ1v) is 8.71. The Bertz CT molecular complexity index is 464. The van der Waals surface area contributed by atoms with E-state index in [2.05, 4.69) is 34.7 Å². The Kier molecular flexibility index (Phi) is 6.20. The average Bonchev–Trinajstić information content (AvgIpc) is 2.68. The lowest BCUT2D eigenvalue weighted by Crippen LogP contribution is -2.35.